The highest BCUT2D eigenvalue weighted by atomic mass is 16.2. The maximum Gasteiger partial charge on any atom is 0.227 e. The molecule has 1 saturated carbocycles. The van der Waals surface area contributed by atoms with Crippen molar-refractivity contribution >= 4 is 17.4 Å². The topological polar surface area (TPSA) is 62.5 Å². The molecule has 0 radical (unpaired) electrons. The second kappa shape index (κ2) is 5.40. The SMILES string of the molecule is CN1CCN(C(=O)C[C@@H]2CCC[C@H]2N)c2cccnc21. The lowest BCUT2D eigenvalue weighted by atomic mass is 9.99. The molecular formula is C15H22N4O. The van der Waals surface area contributed by atoms with Crippen molar-refractivity contribution in [3.63, 3.8) is 0 Å². The fourth-order valence-corrected chi connectivity index (χ4v) is 3.28. The molecule has 1 fully saturated rings. The minimum atomic E-state index is 0.190. The molecule has 0 saturated heterocycles. The Hall–Kier alpha value is -1.62. The highest BCUT2D eigenvalue weighted by Crippen LogP contribution is 2.32. The Balaban J connectivity index is 1.77. The molecule has 1 amide bonds. The summed E-state index contributed by atoms with van der Waals surface area (Å²) in [4.78, 5) is 21.0. The van der Waals surface area contributed by atoms with E-state index in [1.54, 1.807) is 6.20 Å². The summed E-state index contributed by atoms with van der Waals surface area (Å²) < 4.78 is 0. The largest absolute Gasteiger partial charge is 0.356 e. The number of carbonyl (C=O) groups is 1. The third-order valence-electron chi connectivity index (χ3n) is 4.53. The average Bonchev–Trinajstić information content (AvgIpc) is 2.85. The van der Waals surface area contributed by atoms with Crippen molar-refractivity contribution in [2.45, 2.75) is 31.7 Å². The van der Waals surface area contributed by atoms with Crippen LogP contribution in [-0.2, 0) is 4.79 Å². The van der Waals surface area contributed by atoms with Crippen LogP contribution >= 0.6 is 0 Å². The summed E-state index contributed by atoms with van der Waals surface area (Å²) >= 11 is 0. The summed E-state index contributed by atoms with van der Waals surface area (Å²) in [6, 6.07) is 4.06. The molecule has 1 aliphatic heterocycles. The molecule has 0 bridgehead atoms. The summed E-state index contributed by atoms with van der Waals surface area (Å²) in [5, 5.41) is 0. The van der Waals surface area contributed by atoms with Gasteiger partial charge in [0.25, 0.3) is 0 Å². The van der Waals surface area contributed by atoms with Crippen LogP contribution in [0, 0.1) is 5.92 Å². The molecule has 108 valence electrons. The van der Waals surface area contributed by atoms with Crippen LogP contribution in [0.5, 0.6) is 0 Å². The zero-order valence-corrected chi connectivity index (χ0v) is 12.0. The molecule has 5 nitrogen and oxygen atoms in total. The monoisotopic (exact) mass is 274 g/mol. The zero-order chi connectivity index (χ0) is 14.1. The maximum absolute atomic E-state index is 12.6. The number of hydrogen-bond acceptors (Lipinski definition) is 4. The number of anilines is 2. The quantitative estimate of drug-likeness (QED) is 0.885. The van der Waals surface area contributed by atoms with Gasteiger partial charge >= 0.3 is 0 Å². The molecule has 20 heavy (non-hydrogen) atoms. The van der Waals surface area contributed by atoms with Crippen molar-refractivity contribution in [2.24, 2.45) is 11.7 Å². The Morgan fingerprint density at radius 3 is 3.05 bits per heavy atom. The highest BCUT2D eigenvalue weighted by molar-refractivity contribution is 5.97. The van der Waals surface area contributed by atoms with Gasteiger partial charge in [0.2, 0.25) is 5.91 Å². The number of pyridine rings is 1. The minimum Gasteiger partial charge on any atom is -0.356 e. The summed E-state index contributed by atoms with van der Waals surface area (Å²) in [6.07, 6.45) is 5.63. The first-order valence-corrected chi connectivity index (χ1v) is 7.39. The molecule has 0 aromatic carbocycles. The predicted octanol–water partition coefficient (Wildman–Crippen LogP) is 1.38. The van der Waals surface area contributed by atoms with Gasteiger partial charge in [-0.1, -0.05) is 6.42 Å². The predicted molar refractivity (Wildman–Crippen MR) is 79.8 cm³/mol. The van der Waals surface area contributed by atoms with Gasteiger partial charge in [0.15, 0.2) is 5.82 Å². The van der Waals surface area contributed by atoms with Gasteiger partial charge in [0.1, 0.15) is 0 Å². The molecule has 2 atom stereocenters. The van der Waals surface area contributed by atoms with Crippen LogP contribution < -0.4 is 15.5 Å². The Morgan fingerprint density at radius 1 is 1.45 bits per heavy atom. The van der Waals surface area contributed by atoms with Crippen LogP contribution in [0.25, 0.3) is 0 Å². The molecule has 1 aliphatic carbocycles. The Labute approximate surface area is 119 Å². The van der Waals surface area contributed by atoms with Gasteiger partial charge in [-0.15, -0.1) is 0 Å². The van der Waals surface area contributed by atoms with Gasteiger partial charge in [-0.25, -0.2) is 4.98 Å². The Bertz CT molecular complexity index is 504. The van der Waals surface area contributed by atoms with Gasteiger partial charge in [0.05, 0.1) is 5.69 Å². The lowest BCUT2D eigenvalue weighted by molar-refractivity contribution is -0.119. The first kappa shape index (κ1) is 13.4. The third-order valence-corrected chi connectivity index (χ3v) is 4.53. The minimum absolute atomic E-state index is 0.190. The number of carbonyl (C=O) groups excluding carboxylic acids is 1. The molecule has 3 rings (SSSR count). The van der Waals surface area contributed by atoms with Crippen LogP contribution in [0.3, 0.4) is 0 Å². The first-order chi connectivity index (χ1) is 9.66. The van der Waals surface area contributed by atoms with Crippen LogP contribution in [0.4, 0.5) is 11.5 Å². The third kappa shape index (κ3) is 2.38. The fourth-order valence-electron chi connectivity index (χ4n) is 3.28. The number of rotatable bonds is 2. The number of hydrogen-bond donors (Lipinski definition) is 1. The smallest absolute Gasteiger partial charge is 0.227 e. The number of aromatic nitrogens is 1. The number of nitrogens with zero attached hydrogens (tertiary/aromatic N) is 3. The molecule has 2 heterocycles. The number of amides is 1. The molecule has 0 spiro atoms. The number of nitrogens with two attached hydrogens (primary N) is 1. The van der Waals surface area contributed by atoms with E-state index in [-0.39, 0.29) is 11.9 Å². The number of likely N-dealkylation sites (N-methyl/N-ethyl adjacent to an activating group) is 1. The van der Waals surface area contributed by atoms with E-state index in [1.165, 1.54) is 0 Å². The second-order valence-corrected chi connectivity index (χ2v) is 5.87. The van der Waals surface area contributed by atoms with Crippen molar-refractivity contribution < 1.29 is 4.79 Å². The lowest BCUT2D eigenvalue weighted by Gasteiger charge is -2.35. The van der Waals surface area contributed by atoms with Crippen molar-refractivity contribution in [3.8, 4) is 0 Å². The van der Waals surface area contributed by atoms with E-state index in [4.69, 9.17) is 5.73 Å². The van der Waals surface area contributed by atoms with Crippen LogP contribution in [0.15, 0.2) is 18.3 Å². The van der Waals surface area contributed by atoms with E-state index in [9.17, 15) is 4.79 Å². The van der Waals surface area contributed by atoms with Crippen molar-refractivity contribution in [1.29, 1.82) is 0 Å². The lowest BCUT2D eigenvalue weighted by Crippen LogP contribution is -2.44. The van der Waals surface area contributed by atoms with Crippen LogP contribution in [0.2, 0.25) is 0 Å². The summed E-state index contributed by atoms with van der Waals surface area (Å²) in [7, 11) is 2.01. The van der Waals surface area contributed by atoms with E-state index in [0.717, 1.165) is 43.9 Å². The molecule has 1 aromatic heterocycles. The highest BCUT2D eigenvalue weighted by Gasteiger charge is 2.31. The van der Waals surface area contributed by atoms with E-state index in [1.807, 2.05) is 24.1 Å². The molecule has 5 heteroatoms. The summed E-state index contributed by atoms with van der Waals surface area (Å²) in [6.45, 7) is 1.56. The van der Waals surface area contributed by atoms with Gasteiger partial charge < -0.3 is 15.5 Å². The van der Waals surface area contributed by atoms with E-state index in [2.05, 4.69) is 9.88 Å². The maximum atomic E-state index is 12.6. The van der Waals surface area contributed by atoms with Crippen molar-refractivity contribution in [2.75, 3.05) is 29.9 Å². The zero-order valence-electron chi connectivity index (χ0n) is 12.0. The van der Waals surface area contributed by atoms with Gasteiger partial charge in [-0.05, 0) is 30.9 Å². The second-order valence-electron chi connectivity index (χ2n) is 5.87. The normalized spacial score (nSPS) is 25.7. The Morgan fingerprint density at radius 2 is 2.30 bits per heavy atom. The first-order valence-electron chi connectivity index (χ1n) is 7.39. The van der Waals surface area contributed by atoms with Gasteiger partial charge in [-0.2, -0.15) is 0 Å². The van der Waals surface area contributed by atoms with E-state index < -0.39 is 0 Å². The summed E-state index contributed by atoms with van der Waals surface area (Å²) in [5.74, 6) is 1.43. The van der Waals surface area contributed by atoms with Gasteiger partial charge in [-0.3, -0.25) is 4.79 Å². The van der Waals surface area contributed by atoms with Crippen LogP contribution in [0.1, 0.15) is 25.7 Å². The molecular weight excluding hydrogens is 252 g/mol. The average molecular weight is 274 g/mol. The van der Waals surface area contributed by atoms with Crippen molar-refractivity contribution in [1.82, 2.24) is 4.98 Å². The number of fused-ring (bicyclic) bond motifs is 1. The standard InChI is InChI=1S/C15H22N4O/c1-18-8-9-19(13-6-3-7-17-15(13)18)14(20)10-11-4-2-5-12(11)16/h3,6-7,11-12H,2,4-5,8-10,16H2,1H3/t11-,12+/m0/s1. The molecule has 2 N–H and O–H groups in total. The Kier molecular flexibility index (Phi) is 3.61. The summed E-state index contributed by atoms with van der Waals surface area (Å²) in [5.41, 5.74) is 7.01. The van der Waals surface area contributed by atoms with Gasteiger partial charge in [0, 0.05) is 38.8 Å². The molecule has 1 aromatic rings. The molecule has 0 unspecified atom stereocenters. The molecule has 2 aliphatic rings. The van der Waals surface area contributed by atoms with E-state index >= 15 is 0 Å². The van der Waals surface area contributed by atoms with Crippen molar-refractivity contribution in [3.05, 3.63) is 18.3 Å². The van der Waals surface area contributed by atoms with E-state index in [0.29, 0.717) is 12.3 Å². The fraction of sp³-hybridized carbons (Fsp3) is 0.600. The van der Waals surface area contributed by atoms with Crippen LogP contribution in [-0.4, -0.2) is 37.1 Å².